The molecule has 0 unspecified atom stereocenters. The summed E-state index contributed by atoms with van der Waals surface area (Å²) in [4.78, 5) is 21.7. The molecule has 0 saturated carbocycles. The van der Waals surface area contributed by atoms with Crippen molar-refractivity contribution in [1.82, 2.24) is 9.97 Å². The van der Waals surface area contributed by atoms with Crippen LogP contribution in [0.2, 0.25) is 0 Å². The van der Waals surface area contributed by atoms with Gasteiger partial charge in [0.2, 0.25) is 0 Å². The number of allylic oxidation sites excluding steroid dienone is 2. The van der Waals surface area contributed by atoms with Crippen LogP contribution in [0.1, 0.15) is 96.7 Å². The second-order valence-corrected chi connectivity index (χ2v) is 12.9. The second kappa shape index (κ2) is 14.1. The van der Waals surface area contributed by atoms with Crippen LogP contribution >= 0.6 is 0 Å². The first-order valence-corrected chi connectivity index (χ1v) is 14.8. The van der Waals surface area contributed by atoms with Gasteiger partial charge in [-0.25, -0.2) is 4.98 Å². The Kier molecular flexibility index (Phi) is 11.8. The van der Waals surface area contributed by atoms with E-state index in [1.165, 1.54) is 28.0 Å². The Hall–Kier alpha value is -2.88. The van der Waals surface area contributed by atoms with E-state index in [0.29, 0.717) is 0 Å². The van der Waals surface area contributed by atoms with Crippen LogP contribution in [-0.2, 0) is 24.9 Å². The van der Waals surface area contributed by atoms with Crippen molar-refractivity contribution in [2.75, 3.05) is 0 Å². The summed E-state index contributed by atoms with van der Waals surface area (Å²) in [5.41, 5.74) is 5.98. The van der Waals surface area contributed by atoms with Gasteiger partial charge in [-0.05, 0) is 42.3 Å². The number of carbonyl (C=O) groups is 1. The van der Waals surface area contributed by atoms with Gasteiger partial charge in [0.25, 0.3) is 0 Å². The van der Waals surface area contributed by atoms with Crippen molar-refractivity contribution in [3.8, 4) is 11.3 Å². The van der Waals surface area contributed by atoms with Crippen molar-refractivity contribution in [3.05, 3.63) is 82.9 Å². The molecule has 1 heterocycles. The fourth-order valence-corrected chi connectivity index (χ4v) is 4.40. The maximum Gasteiger partial charge on any atom is 0.164 e. The van der Waals surface area contributed by atoms with Crippen LogP contribution in [0.3, 0.4) is 0 Å². The van der Waals surface area contributed by atoms with Crippen molar-refractivity contribution >= 4 is 27.5 Å². The molecule has 0 amide bonds. The quantitative estimate of drug-likeness (QED) is 0.0886. The Labute approximate surface area is 266 Å². The molecule has 0 spiro atoms. The molecule has 0 aliphatic heterocycles. The maximum absolute atomic E-state index is 11.8. The molecule has 227 valence electrons. The average molecular weight is 744 g/mol. The molecule has 0 fully saturated rings. The zero-order chi connectivity index (χ0) is 30.7. The van der Waals surface area contributed by atoms with E-state index in [0.717, 1.165) is 46.4 Å². The largest absolute Gasteiger partial charge is 0.512 e. The number of nitrogens with zero attached hydrogens (tertiary/aromatic N) is 2. The summed E-state index contributed by atoms with van der Waals surface area (Å²) in [6.07, 6.45) is 2.99. The molecule has 3 aromatic carbocycles. The summed E-state index contributed by atoms with van der Waals surface area (Å²) in [5, 5.41) is 13.3. The van der Waals surface area contributed by atoms with E-state index in [1.54, 1.807) is 0 Å². The number of hydrogen-bond acceptors (Lipinski definition) is 4. The van der Waals surface area contributed by atoms with Crippen molar-refractivity contribution in [2.45, 2.75) is 94.9 Å². The van der Waals surface area contributed by atoms with Gasteiger partial charge in [0.05, 0.1) is 5.52 Å². The molecule has 0 atom stereocenters. The van der Waals surface area contributed by atoms with Crippen LogP contribution < -0.4 is 0 Å². The topological polar surface area (TPSA) is 63.1 Å². The first kappa shape index (κ1) is 35.3. The van der Waals surface area contributed by atoms with Crippen molar-refractivity contribution in [1.29, 1.82) is 0 Å². The first-order chi connectivity index (χ1) is 19.1. The number of hydrogen-bond donors (Lipinski definition) is 1. The van der Waals surface area contributed by atoms with Crippen LogP contribution in [0.5, 0.6) is 0 Å². The minimum Gasteiger partial charge on any atom is -0.512 e. The van der Waals surface area contributed by atoms with E-state index in [-0.39, 0.29) is 48.4 Å². The molecule has 4 aromatic rings. The number of aromatic nitrogens is 2. The predicted octanol–water partition coefficient (Wildman–Crippen LogP) is 10.2. The number of aryl methyl sites for hydroxylation is 3. The molecular formula is C37H47IrN2O2-. The first-order valence-electron chi connectivity index (χ1n) is 14.8. The third kappa shape index (κ3) is 8.14. The van der Waals surface area contributed by atoms with Crippen LogP contribution in [0, 0.1) is 37.7 Å². The summed E-state index contributed by atoms with van der Waals surface area (Å²) in [7, 11) is 0. The molecular weight excluding hydrogens is 697 g/mol. The minimum absolute atomic E-state index is 0. The van der Waals surface area contributed by atoms with Gasteiger partial charge in [-0.15, -0.1) is 34.9 Å². The van der Waals surface area contributed by atoms with Gasteiger partial charge in [-0.3, -0.25) is 9.78 Å². The molecule has 0 aliphatic carbocycles. The Morgan fingerprint density at radius 3 is 2.07 bits per heavy atom. The second-order valence-electron chi connectivity index (χ2n) is 12.9. The molecule has 0 saturated heterocycles. The van der Waals surface area contributed by atoms with Gasteiger partial charge in [-0.1, -0.05) is 99.1 Å². The molecule has 1 radical (unpaired) electrons. The molecule has 42 heavy (non-hydrogen) atoms. The molecule has 0 aliphatic rings. The SMILES string of the molecule is CCC(C)(C)C(=O)/C=C(\O)C(C)(C)CC.Cc1[c-]c(-c2nc(C(C)C)nc3c2ccc2ccc(C)cc23)cc(C)c1.[Ir]. The van der Waals surface area contributed by atoms with Crippen molar-refractivity contribution in [3.63, 3.8) is 0 Å². The van der Waals surface area contributed by atoms with Crippen LogP contribution in [0.15, 0.2) is 54.3 Å². The molecule has 4 nitrogen and oxygen atoms in total. The number of fused-ring (bicyclic) bond motifs is 3. The summed E-state index contributed by atoms with van der Waals surface area (Å²) in [6, 6.07) is 18.7. The van der Waals surface area contributed by atoms with Gasteiger partial charge in [0, 0.05) is 48.3 Å². The molecule has 4 rings (SSSR count). The standard InChI is InChI=1S/C24H23N2.C13H24O2.Ir/c1-14(2)24-25-22(19-11-16(4)10-17(5)12-19)20-9-8-18-7-6-15(3)13-21(18)23(20)26-24;1-7-12(3,4)10(14)9-11(15)13(5,6)8-2;/h6-11,13-14H,1-5H3;9,14H,7-8H2,1-6H3;/q-1;;/b;10-9-;. The van der Waals surface area contributed by atoms with E-state index in [9.17, 15) is 9.90 Å². The zero-order valence-electron chi connectivity index (χ0n) is 27.2. The zero-order valence-corrected chi connectivity index (χ0v) is 29.6. The monoisotopic (exact) mass is 744 g/mol. The fraction of sp³-hybridized carbons (Fsp3) is 0.432. The predicted molar refractivity (Wildman–Crippen MR) is 173 cm³/mol. The Morgan fingerprint density at radius 2 is 1.50 bits per heavy atom. The summed E-state index contributed by atoms with van der Waals surface area (Å²) in [5.74, 6) is 1.35. The van der Waals surface area contributed by atoms with E-state index in [1.807, 2.05) is 41.5 Å². The van der Waals surface area contributed by atoms with Crippen LogP contribution in [-0.4, -0.2) is 20.9 Å². The summed E-state index contributed by atoms with van der Waals surface area (Å²) in [6.45, 7) is 22.3. The third-order valence-corrected chi connectivity index (χ3v) is 8.17. The Morgan fingerprint density at radius 1 is 0.881 bits per heavy atom. The number of aliphatic hydroxyl groups is 1. The van der Waals surface area contributed by atoms with Gasteiger partial charge in [0.15, 0.2) is 5.78 Å². The Balaban J connectivity index is 0.000000334. The third-order valence-electron chi connectivity index (χ3n) is 8.17. The van der Waals surface area contributed by atoms with Gasteiger partial charge >= 0.3 is 0 Å². The molecule has 0 bridgehead atoms. The van der Waals surface area contributed by atoms with E-state index >= 15 is 0 Å². The number of benzene rings is 3. The number of aliphatic hydroxyl groups excluding tert-OH is 1. The minimum atomic E-state index is -0.377. The molecule has 1 N–H and O–H groups in total. The van der Waals surface area contributed by atoms with Crippen LogP contribution in [0.4, 0.5) is 0 Å². The van der Waals surface area contributed by atoms with Gasteiger partial charge < -0.3 is 5.11 Å². The van der Waals surface area contributed by atoms with Crippen molar-refractivity contribution < 1.29 is 30.0 Å². The van der Waals surface area contributed by atoms with Gasteiger partial charge in [-0.2, -0.15) is 0 Å². The van der Waals surface area contributed by atoms with E-state index < -0.39 is 0 Å². The van der Waals surface area contributed by atoms with E-state index in [2.05, 4.69) is 83.1 Å². The fourth-order valence-electron chi connectivity index (χ4n) is 4.40. The number of ketones is 1. The molecule has 1 aromatic heterocycles. The summed E-state index contributed by atoms with van der Waals surface area (Å²) >= 11 is 0. The number of carbonyl (C=O) groups excluding carboxylic acids is 1. The number of rotatable bonds is 7. The normalized spacial score (nSPS) is 12.2. The average Bonchev–Trinajstić information content (AvgIpc) is 2.91. The van der Waals surface area contributed by atoms with Gasteiger partial charge in [0.1, 0.15) is 11.6 Å². The van der Waals surface area contributed by atoms with E-state index in [4.69, 9.17) is 9.97 Å². The smallest absolute Gasteiger partial charge is 0.164 e. The molecule has 5 heteroatoms. The van der Waals surface area contributed by atoms with Crippen molar-refractivity contribution in [2.24, 2.45) is 10.8 Å². The summed E-state index contributed by atoms with van der Waals surface area (Å²) < 4.78 is 0. The maximum atomic E-state index is 11.8. The Bertz CT molecular complexity index is 1580. The van der Waals surface area contributed by atoms with Crippen LogP contribution in [0.25, 0.3) is 32.9 Å².